The van der Waals surface area contributed by atoms with E-state index in [2.05, 4.69) is 30.0 Å². The molecule has 1 heterocycles. The van der Waals surface area contributed by atoms with E-state index in [1.807, 2.05) is 33.0 Å². The normalized spacial score (nSPS) is 10.1. The fourth-order valence-electron chi connectivity index (χ4n) is 1.88. The van der Waals surface area contributed by atoms with E-state index in [4.69, 9.17) is 4.74 Å². The number of hydrogen-bond acceptors (Lipinski definition) is 3. The molecular weight excluding hydrogens is 238 g/mol. The van der Waals surface area contributed by atoms with Crippen molar-refractivity contribution in [2.45, 2.75) is 33.6 Å². The lowest BCUT2D eigenvalue weighted by atomic mass is 9.99. The van der Waals surface area contributed by atoms with Crippen molar-refractivity contribution >= 4 is 0 Å². The summed E-state index contributed by atoms with van der Waals surface area (Å²) in [5.74, 6) is 1.98. The zero-order chi connectivity index (χ0) is 14.4. The summed E-state index contributed by atoms with van der Waals surface area (Å²) in [5.41, 5.74) is 2.12. The maximum atomic E-state index is 5.51. The molecule has 0 saturated heterocycles. The molecule has 0 aliphatic heterocycles. The van der Waals surface area contributed by atoms with E-state index in [0.717, 1.165) is 11.3 Å². The number of para-hydroxylation sites is 1. The van der Waals surface area contributed by atoms with Crippen molar-refractivity contribution in [3.8, 4) is 17.1 Å². The van der Waals surface area contributed by atoms with Gasteiger partial charge in [-0.15, -0.1) is 0 Å². The Balaban J connectivity index is 0.000000861. The van der Waals surface area contributed by atoms with Crippen molar-refractivity contribution in [1.29, 1.82) is 0 Å². The summed E-state index contributed by atoms with van der Waals surface area (Å²) in [4.78, 5) is 4.27. The van der Waals surface area contributed by atoms with Gasteiger partial charge in [0.15, 0.2) is 5.82 Å². The van der Waals surface area contributed by atoms with Crippen LogP contribution in [0.2, 0.25) is 0 Å². The zero-order valence-electron chi connectivity index (χ0n) is 12.6. The molecule has 0 N–H and O–H groups in total. The molecule has 19 heavy (non-hydrogen) atoms. The Morgan fingerprint density at radius 1 is 1.21 bits per heavy atom. The molecule has 4 nitrogen and oxygen atoms in total. The molecule has 0 saturated carbocycles. The van der Waals surface area contributed by atoms with E-state index in [0.29, 0.717) is 11.7 Å². The number of ether oxygens (including phenoxy) is 1. The minimum Gasteiger partial charge on any atom is -0.496 e. The lowest BCUT2D eigenvalue weighted by molar-refractivity contribution is 0.409. The minimum atomic E-state index is 0.411. The SMILES string of the molecule is CC.COc1c(-c2ncn(C)n2)cccc1C(C)C. The van der Waals surface area contributed by atoms with Gasteiger partial charge in [-0.05, 0) is 17.5 Å². The summed E-state index contributed by atoms with van der Waals surface area (Å²) in [5, 5.41) is 4.32. The topological polar surface area (TPSA) is 39.9 Å². The quantitative estimate of drug-likeness (QED) is 0.847. The molecule has 0 spiro atoms. The zero-order valence-corrected chi connectivity index (χ0v) is 12.6. The molecule has 1 aromatic heterocycles. The fraction of sp³-hybridized carbons (Fsp3) is 0.467. The maximum Gasteiger partial charge on any atom is 0.184 e. The highest BCUT2D eigenvalue weighted by Gasteiger charge is 2.15. The molecule has 0 aliphatic carbocycles. The molecule has 0 radical (unpaired) electrons. The molecular formula is C15H23N3O. The number of nitrogens with zero attached hydrogens (tertiary/aromatic N) is 3. The average molecular weight is 261 g/mol. The Kier molecular flexibility index (Phi) is 5.55. The van der Waals surface area contributed by atoms with Crippen molar-refractivity contribution in [3.63, 3.8) is 0 Å². The van der Waals surface area contributed by atoms with Crippen LogP contribution in [0.15, 0.2) is 24.5 Å². The summed E-state index contributed by atoms with van der Waals surface area (Å²) < 4.78 is 7.20. The molecule has 0 atom stereocenters. The van der Waals surface area contributed by atoms with E-state index in [1.165, 1.54) is 5.56 Å². The number of aryl methyl sites for hydroxylation is 1. The Labute approximate surface area is 115 Å². The molecule has 2 aromatic rings. The van der Waals surface area contributed by atoms with Gasteiger partial charge < -0.3 is 4.74 Å². The van der Waals surface area contributed by atoms with E-state index in [1.54, 1.807) is 18.1 Å². The Morgan fingerprint density at radius 3 is 2.37 bits per heavy atom. The van der Waals surface area contributed by atoms with Gasteiger partial charge in [0.05, 0.1) is 12.7 Å². The van der Waals surface area contributed by atoms with E-state index in [9.17, 15) is 0 Å². The van der Waals surface area contributed by atoms with Gasteiger partial charge in [0, 0.05) is 7.05 Å². The first-order chi connectivity index (χ1) is 9.13. The van der Waals surface area contributed by atoms with E-state index in [-0.39, 0.29) is 0 Å². The van der Waals surface area contributed by atoms with Crippen molar-refractivity contribution < 1.29 is 4.74 Å². The summed E-state index contributed by atoms with van der Waals surface area (Å²) in [6.45, 7) is 8.29. The first kappa shape index (κ1) is 15.2. The van der Waals surface area contributed by atoms with Gasteiger partial charge in [-0.1, -0.05) is 39.8 Å². The van der Waals surface area contributed by atoms with E-state index < -0.39 is 0 Å². The summed E-state index contributed by atoms with van der Waals surface area (Å²) in [6, 6.07) is 6.08. The number of methoxy groups -OCH3 is 1. The fourth-order valence-corrected chi connectivity index (χ4v) is 1.88. The molecule has 4 heteroatoms. The first-order valence-electron chi connectivity index (χ1n) is 6.66. The number of aromatic nitrogens is 3. The first-order valence-corrected chi connectivity index (χ1v) is 6.66. The molecule has 0 aliphatic rings. The maximum absolute atomic E-state index is 5.51. The molecule has 0 unspecified atom stereocenters. The third-order valence-electron chi connectivity index (χ3n) is 2.71. The second-order valence-corrected chi connectivity index (χ2v) is 4.32. The van der Waals surface area contributed by atoms with Crippen molar-refractivity contribution in [3.05, 3.63) is 30.1 Å². The lowest BCUT2D eigenvalue weighted by Crippen LogP contribution is -1.97. The second kappa shape index (κ2) is 6.92. The van der Waals surface area contributed by atoms with Crippen LogP contribution < -0.4 is 4.74 Å². The Bertz CT molecular complexity index is 518. The van der Waals surface area contributed by atoms with Gasteiger partial charge in [-0.2, -0.15) is 5.10 Å². The predicted octanol–water partition coefficient (Wildman–Crippen LogP) is 3.64. The van der Waals surface area contributed by atoms with Gasteiger partial charge in [-0.3, -0.25) is 4.68 Å². The third-order valence-corrected chi connectivity index (χ3v) is 2.71. The summed E-state index contributed by atoms with van der Waals surface area (Å²) >= 11 is 0. The molecule has 104 valence electrons. The summed E-state index contributed by atoms with van der Waals surface area (Å²) in [7, 11) is 3.54. The molecule has 1 aromatic carbocycles. The van der Waals surface area contributed by atoms with Crippen molar-refractivity contribution in [1.82, 2.24) is 14.8 Å². The van der Waals surface area contributed by atoms with Gasteiger partial charge in [-0.25, -0.2) is 4.98 Å². The lowest BCUT2D eigenvalue weighted by Gasteiger charge is -2.14. The van der Waals surface area contributed by atoms with Gasteiger partial charge in [0.25, 0.3) is 0 Å². The summed E-state index contributed by atoms with van der Waals surface area (Å²) in [6.07, 6.45) is 1.69. The standard InChI is InChI=1S/C13H17N3O.C2H6/c1-9(2)10-6-5-7-11(12(10)17-4)13-14-8-16(3)15-13;1-2/h5-9H,1-4H3;1-2H3. The van der Waals surface area contributed by atoms with E-state index >= 15 is 0 Å². The molecule has 0 amide bonds. The van der Waals surface area contributed by atoms with Gasteiger partial charge in [0.2, 0.25) is 0 Å². The third kappa shape index (κ3) is 3.34. The van der Waals surface area contributed by atoms with Crippen LogP contribution in [0.4, 0.5) is 0 Å². The van der Waals surface area contributed by atoms with Crippen LogP contribution in [0.5, 0.6) is 5.75 Å². The Morgan fingerprint density at radius 2 is 1.89 bits per heavy atom. The van der Waals surface area contributed by atoms with Crippen LogP contribution in [-0.2, 0) is 7.05 Å². The van der Waals surface area contributed by atoms with Crippen LogP contribution >= 0.6 is 0 Å². The van der Waals surface area contributed by atoms with Crippen LogP contribution in [-0.4, -0.2) is 21.9 Å². The average Bonchev–Trinajstić information content (AvgIpc) is 2.86. The Hall–Kier alpha value is -1.84. The minimum absolute atomic E-state index is 0.411. The van der Waals surface area contributed by atoms with Crippen LogP contribution in [0.1, 0.15) is 39.2 Å². The van der Waals surface area contributed by atoms with Crippen LogP contribution in [0.3, 0.4) is 0 Å². The van der Waals surface area contributed by atoms with Crippen molar-refractivity contribution in [2.75, 3.05) is 7.11 Å². The van der Waals surface area contributed by atoms with Gasteiger partial charge >= 0.3 is 0 Å². The smallest absolute Gasteiger partial charge is 0.184 e. The molecule has 0 fully saturated rings. The number of benzene rings is 1. The molecule has 2 rings (SSSR count). The highest BCUT2D eigenvalue weighted by Crippen LogP contribution is 2.34. The second-order valence-electron chi connectivity index (χ2n) is 4.32. The largest absolute Gasteiger partial charge is 0.496 e. The highest BCUT2D eigenvalue weighted by molar-refractivity contribution is 5.66. The van der Waals surface area contributed by atoms with Crippen LogP contribution in [0.25, 0.3) is 11.4 Å². The molecule has 0 bridgehead atoms. The predicted molar refractivity (Wildman–Crippen MR) is 78.4 cm³/mol. The monoisotopic (exact) mass is 261 g/mol. The number of rotatable bonds is 3. The number of hydrogen-bond donors (Lipinski definition) is 0. The van der Waals surface area contributed by atoms with Crippen molar-refractivity contribution in [2.24, 2.45) is 7.05 Å². The van der Waals surface area contributed by atoms with Gasteiger partial charge in [0.1, 0.15) is 12.1 Å². The van der Waals surface area contributed by atoms with Crippen LogP contribution in [0, 0.1) is 0 Å². The highest BCUT2D eigenvalue weighted by atomic mass is 16.5.